The van der Waals surface area contributed by atoms with E-state index in [0.717, 1.165) is 22.8 Å². The second-order valence-corrected chi connectivity index (χ2v) is 7.24. The maximum Gasteiger partial charge on any atom is 0.248 e. The lowest BCUT2D eigenvalue weighted by molar-refractivity contribution is -0.111. The molecule has 0 spiro atoms. The van der Waals surface area contributed by atoms with E-state index in [2.05, 4.69) is 15.4 Å². The number of rotatable bonds is 6. The summed E-state index contributed by atoms with van der Waals surface area (Å²) in [5.74, 6) is -1.06. The van der Waals surface area contributed by atoms with Gasteiger partial charge in [0, 0.05) is 40.8 Å². The number of hydrogen-bond acceptors (Lipinski definition) is 3. The van der Waals surface area contributed by atoms with Gasteiger partial charge in [-0.3, -0.25) is 14.5 Å². The highest BCUT2D eigenvalue weighted by atomic mass is 35.5. The van der Waals surface area contributed by atoms with E-state index in [0.29, 0.717) is 12.2 Å². The number of aromatic nitrogens is 3. The summed E-state index contributed by atoms with van der Waals surface area (Å²) < 4.78 is 15.7. The van der Waals surface area contributed by atoms with Crippen LogP contribution in [0, 0.1) is 5.82 Å². The minimum Gasteiger partial charge on any atom is -0.320 e. The van der Waals surface area contributed by atoms with Crippen molar-refractivity contribution in [2.75, 3.05) is 5.32 Å². The molecule has 0 saturated carbocycles. The van der Waals surface area contributed by atoms with E-state index in [4.69, 9.17) is 11.6 Å². The Morgan fingerprint density at radius 1 is 1.13 bits per heavy atom. The van der Waals surface area contributed by atoms with Gasteiger partial charge in [-0.25, -0.2) is 4.39 Å². The van der Waals surface area contributed by atoms with Gasteiger partial charge in [-0.1, -0.05) is 41.9 Å². The topological polar surface area (TPSA) is 59.8 Å². The Labute approximate surface area is 183 Å². The third-order valence-corrected chi connectivity index (χ3v) is 4.75. The highest BCUT2D eigenvalue weighted by Crippen LogP contribution is 2.23. The fourth-order valence-corrected chi connectivity index (χ4v) is 3.23. The number of anilines is 1. The van der Waals surface area contributed by atoms with Gasteiger partial charge in [0.05, 0.1) is 12.2 Å². The zero-order valence-corrected chi connectivity index (χ0v) is 17.1. The monoisotopic (exact) mass is 432 g/mol. The van der Waals surface area contributed by atoms with E-state index in [1.165, 1.54) is 18.2 Å². The summed E-state index contributed by atoms with van der Waals surface area (Å²) in [6.45, 7) is 0.587. The van der Waals surface area contributed by atoms with E-state index in [-0.39, 0.29) is 10.7 Å². The van der Waals surface area contributed by atoms with Gasteiger partial charge in [0.15, 0.2) is 0 Å². The largest absolute Gasteiger partial charge is 0.320 e. The highest BCUT2D eigenvalue weighted by Gasteiger charge is 2.11. The highest BCUT2D eigenvalue weighted by molar-refractivity contribution is 6.30. The van der Waals surface area contributed by atoms with Gasteiger partial charge in [-0.05, 0) is 42.0 Å². The maximum atomic E-state index is 13.9. The number of halogens is 2. The van der Waals surface area contributed by atoms with Crippen molar-refractivity contribution in [3.63, 3.8) is 0 Å². The van der Waals surface area contributed by atoms with Crippen LogP contribution in [-0.2, 0) is 11.3 Å². The van der Waals surface area contributed by atoms with Gasteiger partial charge in [0.2, 0.25) is 5.91 Å². The SMILES string of the molecule is O=C(/C=C/c1cn(Cc2ccccc2)nc1-c1cccnc1)Nc1ccc(Cl)cc1F. The normalized spacial score (nSPS) is 11.0. The van der Waals surface area contributed by atoms with Crippen LogP contribution in [0.25, 0.3) is 17.3 Å². The molecular formula is C24H18ClFN4O. The van der Waals surface area contributed by atoms with E-state index >= 15 is 0 Å². The van der Waals surface area contributed by atoms with Crippen LogP contribution in [0.5, 0.6) is 0 Å². The molecule has 2 aromatic carbocycles. The Morgan fingerprint density at radius 3 is 2.71 bits per heavy atom. The molecule has 2 aromatic heterocycles. The Balaban J connectivity index is 1.59. The molecular weight excluding hydrogens is 415 g/mol. The summed E-state index contributed by atoms with van der Waals surface area (Å²) in [5, 5.41) is 7.46. The quantitative estimate of drug-likeness (QED) is 0.413. The predicted octanol–water partition coefficient (Wildman–Crippen LogP) is 5.44. The van der Waals surface area contributed by atoms with Crippen molar-refractivity contribution < 1.29 is 9.18 Å². The third-order valence-electron chi connectivity index (χ3n) is 4.52. The molecule has 2 heterocycles. The fourth-order valence-electron chi connectivity index (χ4n) is 3.07. The van der Waals surface area contributed by atoms with Gasteiger partial charge in [-0.2, -0.15) is 5.10 Å². The molecule has 0 aliphatic carbocycles. The van der Waals surface area contributed by atoms with Crippen molar-refractivity contribution >= 4 is 29.3 Å². The first-order valence-corrected chi connectivity index (χ1v) is 9.92. The summed E-state index contributed by atoms with van der Waals surface area (Å²) in [6, 6.07) is 17.8. The number of carbonyl (C=O) groups excluding carboxylic acids is 1. The molecule has 154 valence electrons. The molecule has 0 bridgehead atoms. The Hall–Kier alpha value is -3.77. The van der Waals surface area contributed by atoms with Crippen molar-refractivity contribution in [3.8, 4) is 11.3 Å². The van der Waals surface area contributed by atoms with Crippen LogP contribution in [0.15, 0.2) is 85.3 Å². The summed E-state index contributed by atoms with van der Waals surface area (Å²) in [7, 11) is 0. The zero-order chi connectivity index (χ0) is 21.6. The lowest BCUT2D eigenvalue weighted by Crippen LogP contribution is -2.09. The Morgan fingerprint density at radius 2 is 1.97 bits per heavy atom. The molecule has 5 nitrogen and oxygen atoms in total. The second kappa shape index (κ2) is 9.36. The number of carbonyl (C=O) groups is 1. The van der Waals surface area contributed by atoms with Crippen LogP contribution >= 0.6 is 11.6 Å². The molecule has 0 saturated heterocycles. The molecule has 4 rings (SSSR count). The number of nitrogens with zero attached hydrogens (tertiary/aromatic N) is 3. The van der Waals surface area contributed by atoms with Gasteiger partial charge < -0.3 is 5.32 Å². The average molecular weight is 433 g/mol. The molecule has 0 fully saturated rings. The average Bonchev–Trinajstić information content (AvgIpc) is 3.18. The summed E-state index contributed by atoms with van der Waals surface area (Å²) >= 11 is 5.75. The number of benzene rings is 2. The standard InChI is InChI=1S/C24H18ClFN4O/c25-20-9-10-22(21(26)13-20)28-23(31)11-8-19-16-30(15-17-5-2-1-3-6-17)29-24(19)18-7-4-12-27-14-18/h1-14,16H,15H2,(H,28,31)/b11-8+. The van der Waals surface area contributed by atoms with Gasteiger partial charge in [-0.15, -0.1) is 0 Å². The number of nitrogens with one attached hydrogen (secondary N) is 1. The molecule has 31 heavy (non-hydrogen) atoms. The van der Waals surface area contributed by atoms with E-state index in [1.807, 2.05) is 53.3 Å². The van der Waals surface area contributed by atoms with Crippen molar-refractivity contribution in [1.82, 2.24) is 14.8 Å². The van der Waals surface area contributed by atoms with Crippen molar-refractivity contribution in [1.29, 1.82) is 0 Å². The first-order valence-electron chi connectivity index (χ1n) is 9.54. The minimum atomic E-state index is -0.596. The van der Waals surface area contributed by atoms with Crippen molar-refractivity contribution in [2.45, 2.75) is 6.54 Å². The van der Waals surface area contributed by atoms with Gasteiger partial charge in [0.25, 0.3) is 0 Å². The molecule has 1 amide bonds. The number of amides is 1. The molecule has 7 heteroatoms. The Bertz CT molecular complexity index is 1220. The minimum absolute atomic E-state index is 0.0614. The molecule has 0 aliphatic heterocycles. The van der Waals surface area contributed by atoms with Crippen molar-refractivity contribution in [2.24, 2.45) is 0 Å². The van der Waals surface area contributed by atoms with Crippen LogP contribution < -0.4 is 5.32 Å². The van der Waals surface area contributed by atoms with Crippen LogP contribution in [0.3, 0.4) is 0 Å². The van der Waals surface area contributed by atoms with E-state index in [9.17, 15) is 9.18 Å². The first kappa shape index (κ1) is 20.5. The predicted molar refractivity (Wildman–Crippen MR) is 120 cm³/mol. The van der Waals surface area contributed by atoms with E-state index in [1.54, 1.807) is 18.5 Å². The van der Waals surface area contributed by atoms with Crippen LogP contribution in [0.4, 0.5) is 10.1 Å². The van der Waals surface area contributed by atoms with E-state index < -0.39 is 11.7 Å². The molecule has 0 atom stereocenters. The molecule has 4 aromatic rings. The third kappa shape index (κ3) is 5.24. The van der Waals surface area contributed by atoms with Crippen LogP contribution in [-0.4, -0.2) is 20.7 Å². The first-order chi connectivity index (χ1) is 15.1. The van der Waals surface area contributed by atoms with Gasteiger partial charge >= 0.3 is 0 Å². The van der Waals surface area contributed by atoms with Crippen LogP contribution in [0.2, 0.25) is 5.02 Å². The summed E-state index contributed by atoms with van der Waals surface area (Å²) in [4.78, 5) is 16.5. The molecule has 1 N–H and O–H groups in total. The smallest absolute Gasteiger partial charge is 0.248 e. The van der Waals surface area contributed by atoms with Crippen LogP contribution in [0.1, 0.15) is 11.1 Å². The zero-order valence-electron chi connectivity index (χ0n) is 16.4. The fraction of sp³-hybridized carbons (Fsp3) is 0.0417. The summed E-state index contributed by atoms with van der Waals surface area (Å²) in [5.41, 5.74) is 3.44. The summed E-state index contributed by atoms with van der Waals surface area (Å²) in [6.07, 6.45) is 8.27. The van der Waals surface area contributed by atoms with Crippen molar-refractivity contribution in [3.05, 3.63) is 107 Å². The lowest BCUT2D eigenvalue weighted by atomic mass is 10.1. The molecule has 0 aliphatic rings. The number of pyridine rings is 1. The lowest BCUT2D eigenvalue weighted by Gasteiger charge is -2.03. The van der Waals surface area contributed by atoms with Gasteiger partial charge in [0.1, 0.15) is 11.5 Å². The second-order valence-electron chi connectivity index (χ2n) is 6.80. The number of hydrogen-bond donors (Lipinski definition) is 1. The molecule has 0 unspecified atom stereocenters. The Kier molecular flexibility index (Phi) is 6.19. The molecule has 0 radical (unpaired) electrons. The maximum absolute atomic E-state index is 13.9.